The lowest BCUT2D eigenvalue weighted by molar-refractivity contribution is 0.276. The number of nitrogens with zero attached hydrogens (tertiary/aromatic N) is 1. The minimum absolute atomic E-state index is 0.00715. The third-order valence-corrected chi connectivity index (χ3v) is 1.56. The molecular formula is C9H14N2O. The first-order chi connectivity index (χ1) is 5.72. The van der Waals surface area contributed by atoms with Crippen LogP contribution in [0.15, 0.2) is 18.2 Å². The summed E-state index contributed by atoms with van der Waals surface area (Å²) in [6.07, 6.45) is 0.758. The van der Waals surface area contributed by atoms with Crippen molar-refractivity contribution >= 4 is 0 Å². The average Bonchev–Trinajstić information content (AvgIpc) is 2.03. The number of pyridine rings is 1. The van der Waals surface area contributed by atoms with Crippen LogP contribution in [-0.2, 0) is 13.0 Å². The van der Waals surface area contributed by atoms with E-state index in [-0.39, 0.29) is 12.6 Å². The van der Waals surface area contributed by atoms with E-state index in [2.05, 4.69) is 4.98 Å². The van der Waals surface area contributed by atoms with Gasteiger partial charge >= 0.3 is 0 Å². The molecule has 3 nitrogen and oxygen atoms in total. The van der Waals surface area contributed by atoms with Crippen molar-refractivity contribution in [2.75, 3.05) is 0 Å². The van der Waals surface area contributed by atoms with Gasteiger partial charge in [-0.05, 0) is 19.1 Å². The molecular weight excluding hydrogens is 152 g/mol. The molecule has 3 heteroatoms. The van der Waals surface area contributed by atoms with Crippen molar-refractivity contribution in [3.05, 3.63) is 29.6 Å². The molecule has 3 N–H and O–H groups in total. The van der Waals surface area contributed by atoms with Gasteiger partial charge in [0.2, 0.25) is 0 Å². The van der Waals surface area contributed by atoms with Crippen LogP contribution < -0.4 is 5.73 Å². The van der Waals surface area contributed by atoms with Crippen molar-refractivity contribution in [3.63, 3.8) is 0 Å². The predicted molar refractivity (Wildman–Crippen MR) is 47.5 cm³/mol. The first-order valence-electron chi connectivity index (χ1n) is 4.03. The zero-order valence-corrected chi connectivity index (χ0v) is 7.20. The van der Waals surface area contributed by atoms with Gasteiger partial charge in [-0.15, -0.1) is 0 Å². The third kappa shape index (κ3) is 2.60. The fourth-order valence-electron chi connectivity index (χ4n) is 1.06. The smallest absolute Gasteiger partial charge is 0.0853 e. The quantitative estimate of drug-likeness (QED) is 0.686. The summed E-state index contributed by atoms with van der Waals surface area (Å²) in [5, 5.41) is 8.80. The number of aliphatic hydroxyl groups excluding tert-OH is 1. The van der Waals surface area contributed by atoms with E-state index in [0.29, 0.717) is 5.69 Å². The van der Waals surface area contributed by atoms with Crippen LogP contribution in [0.1, 0.15) is 18.3 Å². The summed E-state index contributed by atoms with van der Waals surface area (Å²) in [6, 6.07) is 5.72. The fourth-order valence-corrected chi connectivity index (χ4v) is 1.06. The van der Waals surface area contributed by atoms with Crippen molar-refractivity contribution in [2.45, 2.75) is 26.0 Å². The Morgan fingerprint density at radius 2 is 2.17 bits per heavy atom. The highest BCUT2D eigenvalue weighted by molar-refractivity contribution is 5.11. The Kier molecular flexibility index (Phi) is 3.19. The molecule has 0 radical (unpaired) electrons. The maximum atomic E-state index is 8.80. The van der Waals surface area contributed by atoms with Crippen LogP contribution in [0.3, 0.4) is 0 Å². The normalized spacial score (nSPS) is 12.9. The van der Waals surface area contributed by atoms with E-state index >= 15 is 0 Å². The lowest BCUT2D eigenvalue weighted by atomic mass is 10.2. The van der Waals surface area contributed by atoms with E-state index in [0.717, 1.165) is 12.1 Å². The van der Waals surface area contributed by atoms with Crippen molar-refractivity contribution < 1.29 is 5.11 Å². The molecule has 1 rings (SSSR count). The topological polar surface area (TPSA) is 59.1 Å². The number of hydrogen-bond acceptors (Lipinski definition) is 3. The molecule has 0 aliphatic heterocycles. The molecule has 66 valence electrons. The van der Waals surface area contributed by atoms with Crippen LogP contribution in [0.2, 0.25) is 0 Å². The standard InChI is InChI=1S/C9H14N2O/c1-7(10)5-8-3-2-4-9(6-12)11-8/h2-4,7,12H,5-6,10H2,1H3. The van der Waals surface area contributed by atoms with Gasteiger partial charge < -0.3 is 10.8 Å². The molecule has 0 saturated carbocycles. The summed E-state index contributed by atoms with van der Waals surface area (Å²) >= 11 is 0. The van der Waals surface area contributed by atoms with Crippen LogP contribution in [0.5, 0.6) is 0 Å². The molecule has 0 aliphatic rings. The van der Waals surface area contributed by atoms with Crippen molar-refractivity contribution in [1.29, 1.82) is 0 Å². The van der Waals surface area contributed by atoms with E-state index in [1.54, 1.807) is 6.07 Å². The van der Waals surface area contributed by atoms with E-state index in [4.69, 9.17) is 10.8 Å². The minimum Gasteiger partial charge on any atom is -0.390 e. The second-order valence-corrected chi connectivity index (χ2v) is 2.96. The first-order valence-corrected chi connectivity index (χ1v) is 4.03. The van der Waals surface area contributed by atoms with Gasteiger partial charge in [-0.1, -0.05) is 6.07 Å². The maximum Gasteiger partial charge on any atom is 0.0853 e. The van der Waals surface area contributed by atoms with Crippen molar-refractivity contribution in [2.24, 2.45) is 5.73 Å². The highest BCUT2D eigenvalue weighted by atomic mass is 16.3. The lowest BCUT2D eigenvalue weighted by Gasteiger charge is -2.04. The van der Waals surface area contributed by atoms with Gasteiger partial charge in [0.1, 0.15) is 0 Å². The Labute approximate surface area is 72.2 Å². The minimum atomic E-state index is -0.00715. The van der Waals surface area contributed by atoms with Crippen LogP contribution >= 0.6 is 0 Å². The van der Waals surface area contributed by atoms with Crippen LogP contribution in [-0.4, -0.2) is 16.1 Å². The second kappa shape index (κ2) is 4.18. The Balaban J connectivity index is 2.72. The Morgan fingerprint density at radius 1 is 1.50 bits per heavy atom. The molecule has 0 spiro atoms. The molecule has 0 amide bonds. The molecule has 1 unspecified atom stereocenters. The summed E-state index contributed by atoms with van der Waals surface area (Å²) in [7, 11) is 0. The lowest BCUT2D eigenvalue weighted by Crippen LogP contribution is -2.18. The van der Waals surface area contributed by atoms with Crippen LogP contribution in [0.4, 0.5) is 0 Å². The summed E-state index contributed by atoms with van der Waals surface area (Å²) < 4.78 is 0. The van der Waals surface area contributed by atoms with Gasteiger partial charge in [-0.2, -0.15) is 0 Å². The highest BCUT2D eigenvalue weighted by Crippen LogP contribution is 2.01. The number of aliphatic hydroxyl groups is 1. The summed E-state index contributed by atoms with van der Waals surface area (Å²) in [6.45, 7) is 1.93. The van der Waals surface area contributed by atoms with Crippen LogP contribution in [0, 0.1) is 0 Å². The molecule has 0 aromatic carbocycles. The van der Waals surface area contributed by atoms with Gasteiger partial charge in [0, 0.05) is 18.2 Å². The Morgan fingerprint density at radius 3 is 2.75 bits per heavy atom. The van der Waals surface area contributed by atoms with E-state index < -0.39 is 0 Å². The number of nitrogens with two attached hydrogens (primary N) is 1. The Hall–Kier alpha value is -0.930. The fraction of sp³-hybridized carbons (Fsp3) is 0.444. The molecule has 1 aromatic heterocycles. The Bertz CT molecular complexity index is 248. The average molecular weight is 166 g/mol. The van der Waals surface area contributed by atoms with Gasteiger partial charge in [-0.3, -0.25) is 4.98 Å². The van der Waals surface area contributed by atoms with Crippen molar-refractivity contribution in [3.8, 4) is 0 Å². The van der Waals surface area contributed by atoms with Gasteiger partial charge in [0.05, 0.1) is 12.3 Å². The second-order valence-electron chi connectivity index (χ2n) is 2.96. The highest BCUT2D eigenvalue weighted by Gasteiger charge is 1.99. The summed E-state index contributed by atoms with van der Waals surface area (Å²) in [4.78, 5) is 4.20. The van der Waals surface area contributed by atoms with Crippen LogP contribution in [0.25, 0.3) is 0 Å². The molecule has 0 fully saturated rings. The number of aromatic nitrogens is 1. The maximum absolute atomic E-state index is 8.80. The molecule has 1 atom stereocenters. The first kappa shape index (κ1) is 9.16. The third-order valence-electron chi connectivity index (χ3n) is 1.56. The molecule has 12 heavy (non-hydrogen) atoms. The van der Waals surface area contributed by atoms with Gasteiger partial charge in [0.15, 0.2) is 0 Å². The molecule has 1 aromatic rings. The zero-order chi connectivity index (χ0) is 8.97. The predicted octanol–water partition coefficient (Wildman–Crippen LogP) is 0.464. The van der Waals surface area contributed by atoms with Gasteiger partial charge in [0.25, 0.3) is 0 Å². The van der Waals surface area contributed by atoms with E-state index in [1.165, 1.54) is 0 Å². The molecule has 0 bridgehead atoms. The monoisotopic (exact) mass is 166 g/mol. The number of hydrogen-bond donors (Lipinski definition) is 2. The zero-order valence-electron chi connectivity index (χ0n) is 7.20. The molecule has 0 saturated heterocycles. The largest absolute Gasteiger partial charge is 0.390 e. The van der Waals surface area contributed by atoms with Crippen molar-refractivity contribution in [1.82, 2.24) is 4.98 Å². The SMILES string of the molecule is CC(N)Cc1cccc(CO)n1. The van der Waals surface area contributed by atoms with Gasteiger partial charge in [-0.25, -0.2) is 0 Å². The van der Waals surface area contributed by atoms with E-state index in [9.17, 15) is 0 Å². The molecule has 0 aliphatic carbocycles. The summed E-state index contributed by atoms with van der Waals surface area (Å²) in [5.74, 6) is 0. The van der Waals surface area contributed by atoms with E-state index in [1.807, 2.05) is 19.1 Å². The molecule has 1 heterocycles. The number of rotatable bonds is 3. The summed E-state index contributed by atoms with van der Waals surface area (Å²) in [5.41, 5.74) is 7.26.